The standard InChI is InChI=1S/C17H19BrN2O4S2/c1-13-4-9-16(20-10-2-3-11-25(20,21)22)12-17(13)26(23,24)19-15-7-5-14(18)6-8-15/h4-9,12,19H,2-3,10-11H2,1H3. The average molecular weight is 459 g/mol. The first-order chi connectivity index (χ1) is 12.2. The molecular formula is C17H19BrN2O4S2. The monoisotopic (exact) mass is 458 g/mol. The lowest BCUT2D eigenvalue weighted by atomic mass is 10.2. The van der Waals surface area contributed by atoms with Gasteiger partial charge in [0.1, 0.15) is 0 Å². The molecule has 0 saturated carbocycles. The maximum atomic E-state index is 12.8. The van der Waals surface area contributed by atoms with Gasteiger partial charge in [0.25, 0.3) is 10.0 Å². The van der Waals surface area contributed by atoms with Crippen molar-refractivity contribution in [3.63, 3.8) is 0 Å². The van der Waals surface area contributed by atoms with Crippen molar-refractivity contribution in [3.8, 4) is 0 Å². The Morgan fingerprint density at radius 1 is 1.08 bits per heavy atom. The summed E-state index contributed by atoms with van der Waals surface area (Å²) in [5, 5.41) is 0. The van der Waals surface area contributed by atoms with Gasteiger partial charge in [0, 0.05) is 16.7 Å². The van der Waals surface area contributed by atoms with Gasteiger partial charge in [-0.3, -0.25) is 9.03 Å². The van der Waals surface area contributed by atoms with Crippen LogP contribution in [0, 0.1) is 6.92 Å². The first-order valence-electron chi connectivity index (χ1n) is 8.08. The lowest BCUT2D eigenvalue weighted by Gasteiger charge is -2.28. The Balaban J connectivity index is 1.98. The molecule has 0 aromatic heterocycles. The highest BCUT2D eigenvalue weighted by Gasteiger charge is 2.27. The number of aryl methyl sites for hydroxylation is 1. The molecule has 2 aromatic carbocycles. The molecule has 2 aromatic rings. The van der Waals surface area contributed by atoms with Crippen LogP contribution in [0.5, 0.6) is 0 Å². The fourth-order valence-electron chi connectivity index (χ4n) is 2.84. The van der Waals surface area contributed by atoms with E-state index in [1.54, 1.807) is 43.3 Å². The highest BCUT2D eigenvalue weighted by atomic mass is 79.9. The molecule has 0 spiro atoms. The smallest absolute Gasteiger partial charge is 0.262 e. The molecule has 0 aliphatic carbocycles. The minimum atomic E-state index is -3.84. The van der Waals surface area contributed by atoms with E-state index in [0.717, 1.165) is 10.9 Å². The van der Waals surface area contributed by atoms with Gasteiger partial charge in [0.2, 0.25) is 10.0 Å². The first kappa shape index (κ1) is 19.2. The largest absolute Gasteiger partial charge is 0.280 e. The molecule has 140 valence electrons. The van der Waals surface area contributed by atoms with Crippen molar-refractivity contribution in [1.29, 1.82) is 0 Å². The van der Waals surface area contributed by atoms with Gasteiger partial charge >= 0.3 is 0 Å². The minimum absolute atomic E-state index is 0.0682. The van der Waals surface area contributed by atoms with Crippen molar-refractivity contribution in [2.24, 2.45) is 0 Å². The van der Waals surface area contributed by atoms with E-state index in [9.17, 15) is 16.8 Å². The fraction of sp³-hybridized carbons (Fsp3) is 0.294. The Kier molecular flexibility index (Phi) is 5.32. The lowest BCUT2D eigenvalue weighted by molar-refractivity contribution is 0.574. The molecule has 1 fully saturated rings. The van der Waals surface area contributed by atoms with Gasteiger partial charge in [-0.05, 0) is 61.7 Å². The van der Waals surface area contributed by atoms with Crippen LogP contribution in [0.1, 0.15) is 18.4 Å². The Hall–Kier alpha value is -1.58. The normalized spacial score (nSPS) is 17.1. The number of rotatable bonds is 4. The SMILES string of the molecule is Cc1ccc(N2CCCCS2(=O)=O)cc1S(=O)(=O)Nc1ccc(Br)cc1. The van der Waals surface area contributed by atoms with E-state index >= 15 is 0 Å². The number of hydrogen-bond acceptors (Lipinski definition) is 4. The summed E-state index contributed by atoms with van der Waals surface area (Å²) in [6, 6.07) is 11.5. The zero-order chi connectivity index (χ0) is 18.9. The quantitative estimate of drug-likeness (QED) is 0.759. The number of nitrogens with zero attached hydrogens (tertiary/aromatic N) is 1. The van der Waals surface area contributed by atoms with Gasteiger partial charge in [-0.2, -0.15) is 0 Å². The van der Waals surface area contributed by atoms with Gasteiger partial charge in [-0.1, -0.05) is 22.0 Å². The molecule has 0 radical (unpaired) electrons. The molecule has 9 heteroatoms. The third-order valence-corrected chi connectivity index (χ3v) is 8.12. The van der Waals surface area contributed by atoms with Crippen molar-refractivity contribution < 1.29 is 16.8 Å². The van der Waals surface area contributed by atoms with Crippen LogP contribution in [-0.4, -0.2) is 29.1 Å². The molecule has 1 N–H and O–H groups in total. The van der Waals surface area contributed by atoms with Crippen LogP contribution in [0.3, 0.4) is 0 Å². The minimum Gasteiger partial charge on any atom is -0.280 e. The van der Waals surface area contributed by atoms with E-state index in [0.29, 0.717) is 29.9 Å². The zero-order valence-electron chi connectivity index (χ0n) is 14.1. The Labute approximate surface area is 162 Å². The zero-order valence-corrected chi connectivity index (χ0v) is 17.4. The Morgan fingerprint density at radius 2 is 1.77 bits per heavy atom. The Morgan fingerprint density at radius 3 is 2.42 bits per heavy atom. The fourth-order valence-corrected chi connectivity index (χ4v) is 6.06. The molecule has 1 saturated heterocycles. The van der Waals surface area contributed by atoms with E-state index in [2.05, 4.69) is 20.7 Å². The van der Waals surface area contributed by atoms with E-state index in [4.69, 9.17) is 0 Å². The van der Waals surface area contributed by atoms with E-state index in [-0.39, 0.29) is 10.6 Å². The maximum Gasteiger partial charge on any atom is 0.262 e. The molecular weight excluding hydrogens is 440 g/mol. The van der Waals surface area contributed by atoms with Crippen LogP contribution in [0.4, 0.5) is 11.4 Å². The molecule has 0 amide bonds. The predicted molar refractivity (Wildman–Crippen MR) is 106 cm³/mol. The highest BCUT2D eigenvalue weighted by molar-refractivity contribution is 9.10. The van der Waals surface area contributed by atoms with Crippen molar-refractivity contribution in [1.82, 2.24) is 0 Å². The molecule has 1 heterocycles. The Bertz CT molecular complexity index is 1020. The molecule has 6 nitrogen and oxygen atoms in total. The second kappa shape index (κ2) is 7.21. The van der Waals surface area contributed by atoms with Gasteiger partial charge in [-0.15, -0.1) is 0 Å². The first-order valence-corrected chi connectivity index (χ1v) is 12.0. The summed E-state index contributed by atoms with van der Waals surface area (Å²) in [5.74, 6) is 0.0834. The second-order valence-corrected chi connectivity index (χ2v) is 10.7. The molecule has 26 heavy (non-hydrogen) atoms. The van der Waals surface area contributed by atoms with Crippen molar-refractivity contribution in [2.75, 3.05) is 21.3 Å². The van der Waals surface area contributed by atoms with Crippen molar-refractivity contribution in [2.45, 2.75) is 24.7 Å². The average Bonchev–Trinajstić information content (AvgIpc) is 2.57. The molecule has 0 bridgehead atoms. The number of sulfonamides is 2. The summed E-state index contributed by atoms with van der Waals surface area (Å²) in [7, 11) is -7.24. The van der Waals surface area contributed by atoms with Gasteiger partial charge in [-0.25, -0.2) is 16.8 Å². The highest BCUT2D eigenvalue weighted by Crippen LogP contribution is 2.29. The summed E-state index contributed by atoms with van der Waals surface area (Å²) in [4.78, 5) is 0.0682. The second-order valence-electron chi connectivity index (χ2n) is 6.16. The summed E-state index contributed by atoms with van der Waals surface area (Å²) in [5.41, 5.74) is 1.36. The topological polar surface area (TPSA) is 83.6 Å². The molecule has 0 unspecified atom stereocenters. The van der Waals surface area contributed by atoms with Gasteiger partial charge in [0.15, 0.2) is 0 Å². The van der Waals surface area contributed by atoms with E-state index < -0.39 is 20.0 Å². The number of benzene rings is 2. The summed E-state index contributed by atoms with van der Waals surface area (Å²) in [6.45, 7) is 2.05. The van der Waals surface area contributed by atoms with Crippen LogP contribution in [0.15, 0.2) is 51.8 Å². The van der Waals surface area contributed by atoms with Crippen molar-refractivity contribution in [3.05, 3.63) is 52.5 Å². The van der Waals surface area contributed by atoms with Crippen LogP contribution in [0.2, 0.25) is 0 Å². The van der Waals surface area contributed by atoms with Gasteiger partial charge in [0.05, 0.1) is 16.3 Å². The number of halogens is 1. The summed E-state index contributed by atoms with van der Waals surface area (Å²) in [6.07, 6.45) is 1.38. The van der Waals surface area contributed by atoms with E-state index in [1.165, 1.54) is 10.4 Å². The molecule has 3 rings (SSSR count). The van der Waals surface area contributed by atoms with Crippen LogP contribution in [0.25, 0.3) is 0 Å². The molecule has 1 aliphatic rings. The number of nitrogens with one attached hydrogen (secondary N) is 1. The van der Waals surface area contributed by atoms with E-state index in [1.807, 2.05) is 0 Å². The van der Waals surface area contributed by atoms with Crippen LogP contribution < -0.4 is 9.03 Å². The van der Waals surface area contributed by atoms with Crippen molar-refractivity contribution >= 4 is 47.4 Å². The number of hydrogen-bond donors (Lipinski definition) is 1. The van der Waals surface area contributed by atoms with Gasteiger partial charge < -0.3 is 0 Å². The maximum absolute atomic E-state index is 12.8. The van der Waals surface area contributed by atoms with Crippen LogP contribution in [-0.2, 0) is 20.0 Å². The third-order valence-electron chi connectivity index (χ3n) is 4.19. The molecule has 0 atom stereocenters. The van der Waals surface area contributed by atoms with Crippen LogP contribution >= 0.6 is 15.9 Å². The summed E-state index contributed by atoms with van der Waals surface area (Å²) < 4.78 is 54.9. The predicted octanol–water partition coefficient (Wildman–Crippen LogP) is 3.49. The summed E-state index contributed by atoms with van der Waals surface area (Å²) >= 11 is 3.31. The lowest BCUT2D eigenvalue weighted by Crippen LogP contribution is -2.38. The third kappa shape index (κ3) is 4.05. The number of anilines is 2. The molecule has 1 aliphatic heterocycles.